The summed E-state index contributed by atoms with van der Waals surface area (Å²) >= 11 is 0. The van der Waals surface area contributed by atoms with Crippen LogP contribution in [-0.2, 0) is 16.8 Å². The van der Waals surface area contributed by atoms with Gasteiger partial charge in [0.05, 0.1) is 29.4 Å². The van der Waals surface area contributed by atoms with Crippen LogP contribution >= 0.6 is 0 Å². The van der Waals surface area contributed by atoms with E-state index in [2.05, 4.69) is 35.7 Å². The number of alkyl halides is 5. The standard InChI is InChI=1S/C24H20F7N9O/c25-8-22(32,9-26)10-33-11-23(24(29,30)31)14-6-35-19(37-18(14)38-21(23)41)17-13-4-12(27)5-36-20(13)40(39-17)7-16-15(28)2-1-3-34-16/h1-6,33H,7-11,32H2,(H,35,37,38,41). The Morgan fingerprint density at radius 1 is 1.10 bits per heavy atom. The summed E-state index contributed by atoms with van der Waals surface area (Å²) in [5.41, 5.74) is -0.502. The minimum atomic E-state index is -5.18. The van der Waals surface area contributed by atoms with Crippen molar-refractivity contribution in [3.63, 3.8) is 0 Å². The number of hydrogen-bond donors (Lipinski definition) is 3. The van der Waals surface area contributed by atoms with Gasteiger partial charge in [-0.2, -0.15) is 18.3 Å². The first-order chi connectivity index (χ1) is 19.4. The molecule has 1 aliphatic heterocycles. The van der Waals surface area contributed by atoms with E-state index in [1.807, 2.05) is 0 Å². The highest BCUT2D eigenvalue weighted by atomic mass is 19.4. The number of aromatic nitrogens is 6. The van der Waals surface area contributed by atoms with E-state index in [9.17, 15) is 35.5 Å². The topological polar surface area (TPSA) is 137 Å². The van der Waals surface area contributed by atoms with Crippen molar-refractivity contribution in [2.75, 3.05) is 31.8 Å². The Bertz CT molecular complexity index is 1620. The zero-order valence-corrected chi connectivity index (χ0v) is 20.8. The molecule has 1 atom stereocenters. The van der Waals surface area contributed by atoms with Crippen LogP contribution in [0.2, 0.25) is 0 Å². The van der Waals surface area contributed by atoms with Crippen molar-refractivity contribution in [2.24, 2.45) is 5.73 Å². The molecule has 10 nitrogen and oxygen atoms in total. The Morgan fingerprint density at radius 3 is 2.54 bits per heavy atom. The lowest BCUT2D eigenvalue weighted by molar-refractivity contribution is -0.190. The maximum Gasteiger partial charge on any atom is 0.408 e. The van der Waals surface area contributed by atoms with Crippen LogP contribution in [-0.4, -0.2) is 73.8 Å². The summed E-state index contributed by atoms with van der Waals surface area (Å²) in [6.45, 7) is -4.74. The second kappa shape index (κ2) is 10.3. The van der Waals surface area contributed by atoms with Crippen molar-refractivity contribution in [3.8, 4) is 11.5 Å². The highest BCUT2D eigenvalue weighted by Gasteiger charge is 2.65. The molecule has 0 aliphatic carbocycles. The number of fused-ring (bicyclic) bond motifs is 2. The van der Waals surface area contributed by atoms with Gasteiger partial charge in [0, 0.05) is 31.0 Å². The molecule has 1 amide bonds. The molecule has 41 heavy (non-hydrogen) atoms. The SMILES string of the molecule is NC(CF)(CF)CNCC1(C(F)(F)F)C(=O)Nc2nc(-c3nn(Cc4ncccc4F)c4ncc(F)cc34)ncc21. The number of hydrogen-bond acceptors (Lipinski definition) is 8. The first-order valence-electron chi connectivity index (χ1n) is 11.9. The molecule has 4 aromatic rings. The normalized spacial score (nSPS) is 17.2. The summed E-state index contributed by atoms with van der Waals surface area (Å²) in [6, 6.07) is 3.61. The van der Waals surface area contributed by atoms with Gasteiger partial charge in [0.2, 0.25) is 5.91 Å². The molecule has 1 unspecified atom stereocenters. The number of carbonyl (C=O) groups is 1. The number of carbonyl (C=O) groups excluding carboxylic acids is 1. The van der Waals surface area contributed by atoms with Crippen LogP contribution in [0.4, 0.5) is 36.6 Å². The quantitative estimate of drug-likeness (QED) is 0.256. The Hall–Kier alpha value is -4.25. The molecule has 0 aromatic carbocycles. The number of nitrogens with zero attached hydrogens (tertiary/aromatic N) is 6. The predicted molar refractivity (Wildman–Crippen MR) is 130 cm³/mol. The third-order valence-electron chi connectivity index (χ3n) is 6.65. The third kappa shape index (κ3) is 4.84. The van der Waals surface area contributed by atoms with E-state index in [1.165, 1.54) is 23.0 Å². The lowest BCUT2D eigenvalue weighted by Crippen LogP contribution is -2.59. The number of nitrogens with one attached hydrogen (secondary N) is 2. The molecular weight excluding hydrogens is 563 g/mol. The van der Waals surface area contributed by atoms with Crippen molar-refractivity contribution in [3.05, 3.63) is 59.7 Å². The van der Waals surface area contributed by atoms with Crippen molar-refractivity contribution in [1.82, 2.24) is 35.0 Å². The summed E-state index contributed by atoms with van der Waals surface area (Å²) in [6.07, 6.45) is -2.16. The second-order valence-corrected chi connectivity index (χ2v) is 9.51. The number of rotatable bonds is 9. The Labute approximate surface area is 226 Å². The van der Waals surface area contributed by atoms with Gasteiger partial charge in [0.15, 0.2) is 16.9 Å². The lowest BCUT2D eigenvalue weighted by Gasteiger charge is -2.31. The van der Waals surface area contributed by atoms with Crippen molar-refractivity contribution in [2.45, 2.75) is 23.7 Å². The molecule has 4 aromatic heterocycles. The van der Waals surface area contributed by atoms with Gasteiger partial charge in [0.1, 0.15) is 36.5 Å². The summed E-state index contributed by atoms with van der Waals surface area (Å²) in [7, 11) is 0. The zero-order chi connectivity index (χ0) is 29.6. The fourth-order valence-corrected chi connectivity index (χ4v) is 4.41. The number of halogens is 7. The molecular formula is C24H20F7N9O. The average molecular weight is 583 g/mol. The molecule has 5 rings (SSSR count). The maximum atomic E-state index is 14.4. The fourth-order valence-electron chi connectivity index (χ4n) is 4.41. The minimum absolute atomic E-state index is 0.0128. The number of amides is 1. The summed E-state index contributed by atoms with van der Waals surface area (Å²) in [5, 5.41) is 8.68. The lowest BCUT2D eigenvalue weighted by atomic mass is 9.81. The predicted octanol–water partition coefficient (Wildman–Crippen LogP) is 2.59. The molecule has 5 heterocycles. The molecule has 1 aliphatic rings. The van der Waals surface area contributed by atoms with Crippen molar-refractivity contribution < 1.29 is 35.5 Å². The molecule has 0 fully saturated rings. The maximum absolute atomic E-state index is 14.4. The monoisotopic (exact) mass is 583 g/mol. The first kappa shape index (κ1) is 28.3. The van der Waals surface area contributed by atoms with E-state index in [4.69, 9.17) is 5.73 Å². The molecule has 0 saturated heterocycles. The molecule has 0 saturated carbocycles. The van der Waals surface area contributed by atoms with Crippen LogP contribution in [0.25, 0.3) is 22.6 Å². The molecule has 216 valence electrons. The summed E-state index contributed by atoms with van der Waals surface area (Å²) in [5.74, 6) is -3.70. The van der Waals surface area contributed by atoms with Gasteiger partial charge in [-0.05, 0) is 18.2 Å². The van der Waals surface area contributed by atoms with E-state index in [-0.39, 0.29) is 34.8 Å². The van der Waals surface area contributed by atoms with E-state index < -0.39 is 72.5 Å². The van der Waals surface area contributed by atoms with Crippen LogP contribution < -0.4 is 16.4 Å². The smallest absolute Gasteiger partial charge is 0.320 e. The van der Waals surface area contributed by atoms with Crippen LogP contribution in [0.5, 0.6) is 0 Å². The van der Waals surface area contributed by atoms with Gasteiger partial charge in [-0.1, -0.05) is 0 Å². The Balaban J connectivity index is 1.55. The van der Waals surface area contributed by atoms with Gasteiger partial charge in [-0.25, -0.2) is 37.2 Å². The minimum Gasteiger partial charge on any atom is -0.320 e. The fraction of sp³-hybridized carbons (Fsp3) is 0.333. The van der Waals surface area contributed by atoms with E-state index in [0.29, 0.717) is 0 Å². The van der Waals surface area contributed by atoms with Crippen LogP contribution in [0.1, 0.15) is 11.3 Å². The highest BCUT2D eigenvalue weighted by molar-refractivity contribution is 6.06. The molecule has 0 bridgehead atoms. The second-order valence-electron chi connectivity index (χ2n) is 9.51. The Morgan fingerprint density at radius 2 is 1.85 bits per heavy atom. The molecule has 0 spiro atoms. The van der Waals surface area contributed by atoms with Gasteiger partial charge in [0.25, 0.3) is 0 Å². The first-order valence-corrected chi connectivity index (χ1v) is 11.9. The van der Waals surface area contributed by atoms with E-state index in [1.54, 1.807) is 0 Å². The van der Waals surface area contributed by atoms with Crippen molar-refractivity contribution >= 4 is 22.8 Å². The van der Waals surface area contributed by atoms with E-state index in [0.717, 1.165) is 18.5 Å². The molecule has 4 N–H and O–H groups in total. The van der Waals surface area contributed by atoms with Crippen LogP contribution in [0.15, 0.2) is 36.8 Å². The van der Waals surface area contributed by atoms with Crippen LogP contribution in [0.3, 0.4) is 0 Å². The largest absolute Gasteiger partial charge is 0.408 e. The summed E-state index contributed by atoms with van der Waals surface area (Å²) < 4.78 is 99.0. The highest BCUT2D eigenvalue weighted by Crippen LogP contribution is 2.48. The zero-order valence-electron chi connectivity index (χ0n) is 20.8. The van der Waals surface area contributed by atoms with Gasteiger partial charge in [-0.3, -0.25) is 9.78 Å². The third-order valence-corrected chi connectivity index (χ3v) is 6.65. The van der Waals surface area contributed by atoms with Crippen LogP contribution in [0, 0.1) is 11.6 Å². The number of anilines is 1. The van der Waals surface area contributed by atoms with E-state index >= 15 is 0 Å². The average Bonchev–Trinajstić information content (AvgIpc) is 3.43. The van der Waals surface area contributed by atoms with Gasteiger partial charge >= 0.3 is 6.18 Å². The number of nitrogens with two attached hydrogens (primary N) is 1. The Kier molecular flexibility index (Phi) is 7.10. The molecule has 0 radical (unpaired) electrons. The van der Waals surface area contributed by atoms with Gasteiger partial charge < -0.3 is 16.4 Å². The van der Waals surface area contributed by atoms with Gasteiger partial charge in [-0.15, -0.1) is 0 Å². The number of pyridine rings is 2. The summed E-state index contributed by atoms with van der Waals surface area (Å²) in [4.78, 5) is 28.8. The van der Waals surface area contributed by atoms with Crippen molar-refractivity contribution in [1.29, 1.82) is 0 Å². The molecule has 17 heteroatoms.